The predicted octanol–water partition coefficient (Wildman–Crippen LogP) is 4.99. The molecule has 2 atom stereocenters. The molecule has 1 fully saturated rings. The van der Waals surface area contributed by atoms with Crippen molar-refractivity contribution < 1.29 is 27.8 Å². The predicted molar refractivity (Wildman–Crippen MR) is 110 cm³/mol. The highest BCUT2D eigenvalue weighted by atomic mass is 19.1. The number of amides is 1. The topological polar surface area (TPSA) is 74.3 Å². The van der Waals surface area contributed by atoms with Gasteiger partial charge in [0, 0.05) is 11.5 Å². The summed E-state index contributed by atoms with van der Waals surface area (Å²) in [7, 11) is 0. The van der Waals surface area contributed by atoms with Gasteiger partial charge in [-0.25, -0.2) is 18.0 Å². The second-order valence-corrected chi connectivity index (χ2v) is 8.10. The maximum atomic E-state index is 14.4. The number of nitrogens with one attached hydrogen (secondary N) is 2. The van der Waals surface area contributed by atoms with Crippen molar-refractivity contribution >= 4 is 17.0 Å². The molecule has 3 aromatic rings. The quantitative estimate of drug-likeness (QED) is 0.532. The molecule has 2 unspecified atom stereocenters. The summed E-state index contributed by atoms with van der Waals surface area (Å²) >= 11 is 0. The van der Waals surface area contributed by atoms with Gasteiger partial charge in [-0.15, -0.1) is 0 Å². The van der Waals surface area contributed by atoms with E-state index >= 15 is 0 Å². The number of hydrogen-bond donors (Lipinski definition) is 3. The lowest BCUT2D eigenvalue weighted by Gasteiger charge is -2.35. The molecule has 8 heteroatoms. The number of aliphatic hydroxyl groups is 1. The van der Waals surface area contributed by atoms with Crippen molar-refractivity contribution in [3.8, 4) is 11.3 Å². The Morgan fingerprint density at radius 2 is 1.81 bits per heavy atom. The molecular formula is C23H23F3N2O3. The SMILES string of the molecule is CC(O)C(C)NC(=O)OC1CC(c2c(-c3ccc(F)cc3)[nH]c3c(F)cc(F)cc23)C1. The summed E-state index contributed by atoms with van der Waals surface area (Å²) in [6.07, 6.45) is -0.718. The second kappa shape index (κ2) is 8.26. The summed E-state index contributed by atoms with van der Waals surface area (Å²) in [5.41, 5.74) is 2.15. The minimum atomic E-state index is -0.712. The fourth-order valence-electron chi connectivity index (χ4n) is 3.90. The number of hydrogen-bond acceptors (Lipinski definition) is 3. The fraction of sp³-hybridized carbons (Fsp3) is 0.348. The first kappa shape index (κ1) is 21.2. The number of aliphatic hydroxyl groups excluding tert-OH is 1. The van der Waals surface area contributed by atoms with E-state index in [1.54, 1.807) is 26.0 Å². The highest BCUT2D eigenvalue weighted by Gasteiger charge is 2.37. The minimum Gasteiger partial charge on any atom is -0.446 e. The average Bonchev–Trinajstić information content (AvgIpc) is 3.04. The van der Waals surface area contributed by atoms with Crippen LogP contribution in [0.25, 0.3) is 22.2 Å². The summed E-state index contributed by atoms with van der Waals surface area (Å²) in [6.45, 7) is 3.23. The second-order valence-electron chi connectivity index (χ2n) is 8.10. The standard InChI is InChI=1S/C23H23F3N2O3/c1-11(12(2)29)27-23(30)31-17-7-14(8-17)20-18-9-16(25)10-19(26)22(18)28-21(20)13-3-5-15(24)6-4-13/h3-6,9-12,14,17,28-29H,7-8H2,1-2H3,(H,27,30). The average molecular weight is 432 g/mol. The third kappa shape index (κ3) is 4.25. The maximum Gasteiger partial charge on any atom is 0.407 e. The molecule has 0 radical (unpaired) electrons. The van der Waals surface area contributed by atoms with Crippen LogP contribution in [-0.4, -0.2) is 34.4 Å². The summed E-state index contributed by atoms with van der Waals surface area (Å²) in [5, 5.41) is 12.5. The zero-order valence-electron chi connectivity index (χ0n) is 17.1. The van der Waals surface area contributed by atoms with Crippen LogP contribution >= 0.6 is 0 Å². The molecule has 4 rings (SSSR count). The molecule has 1 saturated carbocycles. The maximum absolute atomic E-state index is 14.4. The van der Waals surface area contributed by atoms with Crippen molar-refractivity contribution in [2.75, 3.05) is 0 Å². The van der Waals surface area contributed by atoms with Gasteiger partial charge in [0.2, 0.25) is 0 Å². The van der Waals surface area contributed by atoms with Gasteiger partial charge in [0.25, 0.3) is 0 Å². The number of halogens is 3. The normalized spacial score (nSPS) is 20.2. The lowest BCUT2D eigenvalue weighted by Crippen LogP contribution is -2.43. The Hall–Kier alpha value is -3.00. The van der Waals surface area contributed by atoms with Crippen molar-refractivity contribution in [3.05, 3.63) is 59.4 Å². The fourth-order valence-corrected chi connectivity index (χ4v) is 3.90. The lowest BCUT2D eigenvalue weighted by molar-refractivity contribution is 0.0341. The molecule has 0 spiro atoms. The molecule has 1 amide bonds. The molecule has 164 valence electrons. The number of rotatable bonds is 5. The summed E-state index contributed by atoms with van der Waals surface area (Å²) in [6, 6.07) is 7.42. The molecule has 1 aliphatic rings. The van der Waals surface area contributed by atoms with E-state index in [-0.39, 0.29) is 17.5 Å². The molecule has 0 aliphatic heterocycles. The molecular weight excluding hydrogens is 409 g/mol. The van der Waals surface area contributed by atoms with E-state index in [4.69, 9.17) is 4.74 Å². The number of benzene rings is 2. The number of ether oxygens (including phenoxy) is 1. The Labute approximate surface area is 177 Å². The lowest BCUT2D eigenvalue weighted by atomic mass is 9.75. The van der Waals surface area contributed by atoms with Gasteiger partial charge in [0.15, 0.2) is 0 Å². The molecule has 0 bridgehead atoms. The number of aromatic nitrogens is 1. The first-order valence-electron chi connectivity index (χ1n) is 10.1. The molecule has 2 aromatic carbocycles. The Kier molecular flexibility index (Phi) is 5.66. The van der Waals surface area contributed by atoms with E-state index in [9.17, 15) is 23.1 Å². The molecule has 5 nitrogen and oxygen atoms in total. The molecule has 1 aliphatic carbocycles. The van der Waals surface area contributed by atoms with Crippen molar-refractivity contribution in [2.24, 2.45) is 0 Å². The van der Waals surface area contributed by atoms with E-state index in [2.05, 4.69) is 10.3 Å². The van der Waals surface area contributed by atoms with Crippen molar-refractivity contribution in [1.82, 2.24) is 10.3 Å². The van der Waals surface area contributed by atoms with E-state index in [0.29, 0.717) is 29.5 Å². The smallest absolute Gasteiger partial charge is 0.407 e. The molecule has 1 aromatic heterocycles. The summed E-state index contributed by atoms with van der Waals surface area (Å²) < 4.78 is 47.1. The zero-order chi connectivity index (χ0) is 22.3. The van der Waals surface area contributed by atoms with Gasteiger partial charge < -0.3 is 20.1 Å². The van der Waals surface area contributed by atoms with Crippen LogP contribution in [0.1, 0.15) is 38.2 Å². The highest BCUT2D eigenvalue weighted by Crippen LogP contribution is 2.46. The first-order chi connectivity index (χ1) is 14.7. The van der Waals surface area contributed by atoms with E-state index in [0.717, 1.165) is 11.6 Å². The van der Waals surface area contributed by atoms with Gasteiger partial charge in [-0.1, -0.05) is 0 Å². The van der Waals surface area contributed by atoms with Gasteiger partial charge in [-0.05, 0) is 74.1 Å². The van der Waals surface area contributed by atoms with Crippen molar-refractivity contribution in [3.63, 3.8) is 0 Å². The van der Waals surface area contributed by atoms with Crippen molar-refractivity contribution in [2.45, 2.75) is 50.9 Å². The molecule has 1 heterocycles. The number of carbonyl (C=O) groups is 1. The monoisotopic (exact) mass is 432 g/mol. The minimum absolute atomic E-state index is 0.0954. The van der Waals surface area contributed by atoms with Crippen LogP contribution in [0.3, 0.4) is 0 Å². The molecule has 31 heavy (non-hydrogen) atoms. The van der Waals surface area contributed by atoms with Gasteiger partial charge in [0.05, 0.1) is 23.4 Å². The van der Waals surface area contributed by atoms with E-state index in [1.165, 1.54) is 18.2 Å². The van der Waals surface area contributed by atoms with Crippen LogP contribution in [-0.2, 0) is 4.74 Å². The molecule has 3 N–H and O–H groups in total. The zero-order valence-corrected chi connectivity index (χ0v) is 17.1. The van der Waals surface area contributed by atoms with Crippen LogP contribution in [0, 0.1) is 17.5 Å². The third-order valence-electron chi connectivity index (χ3n) is 5.84. The highest BCUT2D eigenvalue weighted by molar-refractivity contribution is 5.92. The third-order valence-corrected chi connectivity index (χ3v) is 5.84. The Bertz CT molecular complexity index is 1110. The Balaban J connectivity index is 1.60. The van der Waals surface area contributed by atoms with Crippen LogP contribution in [0.2, 0.25) is 0 Å². The van der Waals surface area contributed by atoms with E-state index in [1.807, 2.05) is 0 Å². The Morgan fingerprint density at radius 1 is 1.13 bits per heavy atom. The number of aromatic amines is 1. The first-order valence-corrected chi connectivity index (χ1v) is 10.1. The van der Waals surface area contributed by atoms with Crippen LogP contribution in [0.4, 0.5) is 18.0 Å². The van der Waals surface area contributed by atoms with Crippen molar-refractivity contribution in [1.29, 1.82) is 0 Å². The largest absolute Gasteiger partial charge is 0.446 e. The number of alkyl carbamates (subject to hydrolysis) is 1. The van der Waals surface area contributed by atoms with Crippen LogP contribution in [0.15, 0.2) is 36.4 Å². The Morgan fingerprint density at radius 3 is 2.45 bits per heavy atom. The van der Waals surface area contributed by atoms with Gasteiger partial charge in [-0.3, -0.25) is 0 Å². The molecule has 0 saturated heterocycles. The van der Waals surface area contributed by atoms with Crippen LogP contribution in [0.5, 0.6) is 0 Å². The van der Waals surface area contributed by atoms with Crippen LogP contribution < -0.4 is 5.32 Å². The number of H-pyrrole nitrogens is 1. The summed E-state index contributed by atoms with van der Waals surface area (Å²) in [5.74, 6) is -1.88. The van der Waals surface area contributed by atoms with E-state index < -0.39 is 35.7 Å². The van der Waals surface area contributed by atoms with Gasteiger partial charge >= 0.3 is 6.09 Å². The summed E-state index contributed by atoms with van der Waals surface area (Å²) in [4.78, 5) is 15.0. The number of fused-ring (bicyclic) bond motifs is 1. The van der Waals surface area contributed by atoms with Gasteiger partial charge in [0.1, 0.15) is 23.6 Å². The number of carbonyl (C=O) groups excluding carboxylic acids is 1. The van der Waals surface area contributed by atoms with Gasteiger partial charge in [-0.2, -0.15) is 0 Å².